The molecule has 1 nitrogen and oxygen atoms in total. The fourth-order valence-corrected chi connectivity index (χ4v) is 2.14. The maximum atomic E-state index is 6.20. The van der Waals surface area contributed by atoms with E-state index in [4.69, 9.17) is 17.3 Å². The number of hydrogen-bond acceptors (Lipinski definition) is 1. The molecule has 2 rings (SSSR count). The molecule has 88 valence electrons. The molecule has 2 aromatic rings. The topological polar surface area (TPSA) is 26.0 Å². The van der Waals surface area contributed by atoms with Crippen molar-refractivity contribution in [2.45, 2.75) is 12.8 Å². The first kappa shape index (κ1) is 12.2. The average Bonchev–Trinajstić information content (AvgIpc) is 2.37. The maximum absolute atomic E-state index is 6.20. The Morgan fingerprint density at radius 3 is 2.59 bits per heavy atom. The van der Waals surface area contributed by atoms with Crippen LogP contribution in [0.15, 0.2) is 48.5 Å². The number of hydrogen-bond donors (Lipinski definition) is 1. The Kier molecular flexibility index (Phi) is 4.18. The Morgan fingerprint density at radius 2 is 1.82 bits per heavy atom. The Morgan fingerprint density at radius 1 is 1.00 bits per heavy atom. The second kappa shape index (κ2) is 5.85. The Balaban J connectivity index is 2.30. The maximum Gasteiger partial charge on any atom is 0.0484 e. The molecule has 0 bridgehead atoms. The monoisotopic (exact) mass is 245 g/mol. The van der Waals surface area contributed by atoms with Crippen LogP contribution in [0.3, 0.4) is 0 Å². The van der Waals surface area contributed by atoms with Gasteiger partial charge in [-0.25, -0.2) is 0 Å². The summed E-state index contributed by atoms with van der Waals surface area (Å²) in [5.74, 6) is 0. The van der Waals surface area contributed by atoms with Crippen molar-refractivity contribution < 1.29 is 0 Å². The van der Waals surface area contributed by atoms with Crippen molar-refractivity contribution >= 4 is 11.6 Å². The molecule has 0 aliphatic rings. The number of rotatable bonds is 4. The van der Waals surface area contributed by atoms with E-state index >= 15 is 0 Å². The molecule has 0 aliphatic carbocycles. The average molecular weight is 246 g/mol. The van der Waals surface area contributed by atoms with E-state index in [1.165, 1.54) is 11.1 Å². The van der Waals surface area contributed by atoms with Gasteiger partial charge in [0.05, 0.1) is 0 Å². The van der Waals surface area contributed by atoms with Gasteiger partial charge in [0, 0.05) is 10.6 Å². The van der Waals surface area contributed by atoms with Crippen LogP contribution < -0.4 is 5.73 Å². The number of aryl methyl sites for hydroxylation is 1. The van der Waals surface area contributed by atoms with Crippen LogP contribution in [0.5, 0.6) is 0 Å². The smallest absolute Gasteiger partial charge is 0.0484 e. The highest BCUT2D eigenvalue weighted by molar-refractivity contribution is 6.33. The van der Waals surface area contributed by atoms with Crippen LogP contribution in [0.25, 0.3) is 11.1 Å². The van der Waals surface area contributed by atoms with Crippen molar-refractivity contribution in [3.63, 3.8) is 0 Å². The van der Waals surface area contributed by atoms with Crippen LogP contribution in [0.4, 0.5) is 0 Å². The lowest BCUT2D eigenvalue weighted by Gasteiger charge is -2.06. The Hall–Kier alpha value is -1.31. The van der Waals surface area contributed by atoms with Gasteiger partial charge in [-0.15, -0.1) is 0 Å². The Labute approximate surface area is 107 Å². The minimum Gasteiger partial charge on any atom is -0.330 e. The van der Waals surface area contributed by atoms with E-state index < -0.39 is 0 Å². The van der Waals surface area contributed by atoms with Crippen LogP contribution in [0.2, 0.25) is 5.02 Å². The number of benzene rings is 2. The van der Waals surface area contributed by atoms with Gasteiger partial charge in [-0.2, -0.15) is 0 Å². The highest BCUT2D eigenvalue weighted by Crippen LogP contribution is 2.28. The molecular weight excluding hydrogens is 230 g/mol. The van der Waals surface area contributed by atoms with Crippen molar-refractivity contribution in [2.24, 2.45) is 5.73 Å². The van der Waals surface area contributed by atoms with Crippen molar-refractivity contribution in [1.29, 1.82) is 0 Å². The molecule has 0 amide bonds. The van der Waals surface area contributed by atoms with Crippen molar-refractivity contribution in [3.05, 3.63) is 59.1 Å². The van der Waals surface area contributed by atoms with Crippen molar-refractivity contribution in [1.82, 2.24) is 0 Å². The van der Waals surface area contributed by atoms with Gasteiger partial charge in [-0.1, -0.05) is 54.1 Å². The minimum atomic E-state index is 0.732. The molecule has 0 spiro atoms. The molecule has 0 atom stereocenters. The second-order valence-electron chi connectivity index (χ2n) is 4.07. The second-order valence-corrected chi connectivity index (χ2v) is 4.48. The summed E-state index contributed by atoms with van der Waals surface area (Å²) < 4.78 is 0. The molecule has 0 radical (unpaired) electrons. The molecule has 2 N–H and O–H groups in total. The molecule has 0 heterocycles. The van der Waals surface area contributed by atoms with Gasteiger partial charge < -0.3 is 5.73 Å². The SMILES string of the molecule is NCCCc1cccc(-c2ccccc2Cl)c1. The lowest BCUT2D eigenvalue weighted by molar-refractivity contribution is 0.833. The van der Waals surface area contributed by atoms with E-state index in [1.54, 1.807) is 0 Å². The number of nitrogens with two attached hydrogens (primary N) is 1. The molecule has 0 aromatic heterocycles. The predicted octanol–water partition coefficient (Wildman–Crippen LogP) is 3.90. The fourth-order valence-electron chi connectivity index (χ4n) is 1.90. The zero-order chi connectivity index (χ0) is 12.1. The van der Waals surface area contributed by atoms with Crippen molar-refractivity contribution in [2.75, 3.05) is 6.54 Å². The van der Waals surface area contributed by atoms with Gasteiger partial charge in [0.2, 0.25) is 0 Å². The molecule has 2 heteroatoms. The third kappa shape index (κ3) is 3.09. The van der Waals surface area contributed by atoms with Crippen LogP contribution >= 0.6 is 11.6 Å². The summed E-state index contributed by atoms with van der Waals surface area (Å²) in [4.78, 5) is 0. The zero-order valence-electron chi connectivity index (χ0n) is 9.70. The van der Waals surface area contributed by atoms with Crippen LogP contribution in [-0.4, -0.2) is 6.54 Å². The lowest BCUT2D eigenvalue weighted by atomic mass is 10.0. The van der Waals surface area contributed by atoms with E-state index in [-0.39, 0.29) is 0 Å². The highest BCUT2D eigenvalue weighted by Gasteiger charge is 2.02. The molecular formula is C15H16ClN. The first-order chi connectivity index (χ1) is 8.31. The van der Waals surface area contributed by atoms with Crippen LogP contribution in [0, 0.1) is 0 Å². The van der Waals surface area contributed by atoms with Gasteiger partial charge in [0.25, 0.3) is 0 Å². The molecule has 0 unspecified atom stereocenters. The lowest BCUT2D eigenvalue weighted by Crippen LogP contribution is -2.00. The number of halogens is 1. The predicted molar refractivity (Wildman–Crippen MR) is 74.3 cm³/mol. The van der Waals surface area contributed by atoms with E-state index in [1.807, 2.05) is 24.3 Å². The van der Waals surface area contributed by atoms with Gasteiger partial charge >= 0.3 is 0 Å². The normalized spacial score (nSPS) is 10.5. The van der Waals surface area contributed by atoms with E-state index in [9.17, 15) is 0 Å². The van der Waals surface area contributed by atoms with Gasteiger partial charge in [0.1, 0.15) is 0 Å². The third-order valence-corrected chi connectivity index (χ3v) is 3.11. The molecule has 0 saturated carbocycles. The molecule has 2 aromatic carbocycles. The van der Waals surface area contributed by atoms with E-state index in [2.05, 4.69) is 24.3 Å². The summed E-state index contributed by atoms with van der Waals surface area (Å²) in [5.41, 5.74) is 9.10. The largest absolute Gasteiger partial charge is 0.330 e. The summed E-state index contributed by atoms with van der Waals surface area (Å²) in [7, 11) is 0. The van der Waals surface area contributed by atoms with Gasteiger partial charge in [-0.3, -0.25) is 0 Å². The van der Waals surface area contributed by atoms with Crippen LogP contribution in [-0.2, 0) is 6.42 Å². The van der Waals surface area contributed by atoms with Gasteiger partial charge in [0.15, 0.2) is 0 Å². The zero-order valence-corrected chi connectivity index (χ0v) is 10.5. The first-order valence-electron chi connectivity index (χ1n) is 5.85. The van der Waals surface area contributed by atoms with Crippen LogP contribution in [0.1, 0.15) is 12.0 Å². The summed E-state index contributed by atoms with van der Waals surface area (Å²) in [6.45, 7) is 0.732. The molecule has 17 heavy (non-hydrogen) atoms. The molecule has 0 saturated heterocycles. The van der Waals surface area contributed by atoms with Crippen molar-refractivity contribution in [3.8, 4) is 11.1 Å². The molecule has 0 aliphatic heterocycles. The fraction of sp³-hybridized carbons (Fsp3) is 0.200. The molecule has 0 fully saturated rings. The van der Waals surface area contributed by atoms with E-state index in [0.29, 0.717) is 0 Å². The highest BCUT2D eigenvalue weighted by atomic mass is 35.5. The van der Waals surface area contributed by atoms with E-state index in [0.717, 1.165) is 30.0 Å². The first-order valence-corrected chi connectivity index (χ1v) is 6.23. The summed E-state index contributed by atoms with van der Waals surface area (Å²) >= 11 is 6.20. The standard InChI is InChI=1S/C15H16ClN/c16-15-9-2-1-8-14(15)13-7-3-5-12(11-13)6-4-10-17/h1-3,5,7-9,11H,4,6,10,17H2. The third-order valence-electron chi connectivity index (χ3n) is 2.78. The van der Waals surface area contributed by atoms with Gasteiger partial charge in [-0.05, 0) is 36.6 Å². The summed E-state index contributed by atoms with van der Waals surface area (Å²) in [6.07, 6.45) is 2.04. The quantitative estimate of drug-likeness (QED) is 0.869. The minimum absolute atomic E-state index is 0.732. The Bertz CT molecular complexity index is 494. The summed E-state index contributed by atoms with van der Waals surface area (Å²) in [5, 5.41) is 0.795. The summed E-state index contributed by atoms with van der Waals surface area (Å²) in [6, 6.07) is 16.4.